The molecule has 6 rings (SSSR count). The number of piperidine rings is 1. The molecule has 0 spiro atoms. The summed E-state index contributed by atoms with van der Waals surface area (Å²) in [6.45, 7) is 6.61. The van der Waals surface area contributed by atoms with Gasteiger partial charge in [0, 0.05) is 42.6 Å². The molecule has 0 bridgehead atoms. The van der Waals surface area contributed by atoms with E-state index in [1.165, 1.54) is 18.6 Å². The van der Waals surface area contributed by atoms with E-state index in [-0.39, 0.29) is 17.9 Å². The molecule has 4 atom stereocenters. The molecule has 4 aromatic rings. The lowest BCUT2D eigenvalue weighted by Crippen LogP contribution is -2.38. The number of nitrogens with one attached hydrogen (secondary N) is 1. The first kappa shape index (κ1) is 25.8. The van der Waals surface area contributed by atoms with Gasteiger partial charge in [-0.2, -0.15) is 0 Å². The van der Waals surface area contributed by atoms with E-state index in [0.717, 1.165) is 41.5 Å². The van der Waals surface area contributed by atoms with Crippen LogP contribution in [0.1, 0.15) is 43.7 Å². The summed E-state index contributed by atoms with van der Waals surface area (Å²) in [5.74, 6) is 0.988. The van der Waals surface area contributed by atoms with Gasteiger partial charge in [-0.3, -0.25) is 4.98 Å². The number of aromatic nitrogens is 2. The minimum Gasteiger partial charge on any atom is -0.370 e. The van der Waals surface area contributed by atoms with Crippen LogP contribution in [-0.4, -0.2) is 27.8 Å². The third kappa shape index (κ3) is 5.01. The lowest BCUT2D eigenvalue weighted by Gasteiger charge is -2.37. The third-order valence-electron chi connectivity index (χ3n) is 7.71. The summed E-state index contributed by atoms with van der Waals surface area (Å²) in [5, 5.41) is 4.84. The van der Waals surface area contributed by atoms with Crippen LogP contribution in [0.3, 0.4) is 0 Å². The maximum Gasteiger partial charge on any atom is 0.174 e. The second kappa shape index (κ2) is 10.6. The van der Waals surface area contributed by atoms with Crippen molar-refractivity contribution in [2.75, 3.05) is 22.9 Å². The number of benzene rings is 2. The van der Waals surface area contributed by atoms with Crippen LogP contribution >= 0.6 is 23.8 Å². The SMILES string of the molecule is C[C@@H]1C[C@H](C)CN(c2ccc(N3C(=S)N[C@@H](c4ccccn4)[C@@H]3c3cccn3-c3ccc(F)cc3)cc2Cl)C1. The monoisotopic (exact) mass is 559 g/mol. The first-order valence-corrected chi connectivity index (χ1v) is 14.2. The van der Waals surface area contributed by atoms with Crippen LogP contribution in [0.25, 0.3) is 5.69 Å². The van der Waals surface area contributed by atoms with E-state index >= 15 is 0 Å². The Kier molecular flexibility index (Phi) is 7.04. The lowest BCUT2D eigenvalue weighted by atomic mass is 9.91. The number of anilines is 2. The standard InChI is InChI=1S/C31H31ClFN5S/c1-20-16-21(2)19-36(18-20)27-13-12-24(17-25(27)32)38-30(29(35-31(38)39)26-6-3-4-14-34-26)28-7-5-15-37(28)23-10-8-22(33)9-11-23/h3-15,17,20-21,29-30H,16,18-19H2,1-2H3,(H,35,39)/t20-,21+,29-,30-/m0/s1. The summed E-state index contributed by atoms with van der Waals surface area (Å²) >= 11 is 12.9. The van der Waals surface area contributed by atoms with Gasteiger partial charge in [0.1, 0.15) is 11.9 Å². The average Bonchev–Trinajstić information content (AvgIpc) is 3.53. The second-order valence-corrected chi connectivity index (χ2v) is 11.6. The number of thiocarbonyl (C=S) groups is 1. The Morgan fingerprint density at radius 1 is 0.949 bits per heavy atom. The highest BCUT2D eigenvalue weighted by molar-refractivity contribution is 7.80. The van der Waals surface area contributed by atoms with Crippen molar-refractivity contribution in [3.05, 3.63) is 107 Å². The summed E-state index contributed by atoms with van der Waals surface area (Å²) in [4.78, 5) is 9.19. The normalized spacial score (nSPS) is 23.2. The topological polar surface area (TPSA) is 36.3 Å². The molecule has 0 saturated carbocycles. The van der Waals surface area contributed by atoms with Gasteiger partial charge in [0.15, 0.2) is 5.11 Å². The summed E-state index contributed by atoms with van der Waals surface area (Å²) in [5.41, 5.74) is 4.73. The van der Waals surface area contributed by atoms with Gasteiger partial charge in [0.2, 0.25) is 0 Å². The molecule has 2 aliphatic heterocycles. The molecular formula is C31H31ClFN5S. The summed E-state index contributed by atoms with van der Waals surface area (Å²) in [6, 6.07) is 22.3. The van der Waals surface area contributed by atoms with E-state index in [1.54, 1.807) is 18.3 Å². The van der Waals surface area contributed by atoms with Crippen molar-refractivity contribution < 1.29 is 4.39 Å². The molecule has 2 saturated heterocycles. The Hall–Kier alpha value is -3.42. The quantitative estimate of drug-likeness (QED) is 0.259. The van der Waals surface area contributed by atoms with Crippen molar-refractivity contribution in [2.24, 2.45) is 11.8 Å². The van der Waals surface area contributed by atoms with Gasteiger partial charge in [-0.05, 0) is 97.2 Å². The molecule has 0 amide bonds. The van der Waals surface area contributed by atoms with Crippen LogP contribution in [0.4, 0.5) is 15.8 Å². The van der Waals surface area contributed by atoms with Crippen LogP contribution in [0.2, 0.25) is 5.02 Å². The highest BCUT2D eigenvalue weighted by atomic mass is 35.5. The number of rotatable bonds is 5. The predicted molar refractivity (Wildman–Crippen MR) is 160 cm³/mol. The molecule has 4 heterocycles. The van der Waals surface area contributed by atoms with Gasteiger partial charge in [-0.1, -0.05) is 31.5 Å². The van der Waals surface area contributed by atoms with Crippen LogP contribution in [0.15, 0.2) is 85.2 Å². The van der Waals surface area contributed by atoms with Crippen molar-refractivity contribution >= 4 is 40.3 Å². The summed E-state index contributed by atoms with van der Waals surface area (Å²) in [6.07, 6.45) is 5.03. The smallest absolute Gasteiger partial charge is 0.174 e. The van der Waals surface area contributed by atoms with Crippen LogP contribution in [0.5, 0.6) is 0 Å². The molecule has 39 heavy (non-hydrogen) atoms. The molecular weight excluding hydrogens is 529 g/mol. The molecule has 8 heteroatoms. The van der Waals surface area contributed by atoms with Crippen molar-refractivity contribution in [3.8, 4) is 5.69 Å². The van der Waals surface area contributed by atoms with Gasteiger partial charge in [-0.15, -0.1) is 0 Å². The molecule has 2 fully saturated rings. The average molecular weight is 560 g/mol. The molecule has 0 unspecified atom stereocenters. The number of hydrogen-bond donors (Lipinski definition) is 1. The summed E-state index contributed by atoms with van der Waals surface area (Å²) < 4.78 is 15.8. The Labute approximate surface area is 239 Å². The molecule has 5 nitrogen and oxygen atoms in total. The van der Waals surface area contributed by atoms with Gasteiger partial charge in [-0.25, -0.2) is 4.39 Å². The number of hydrogen-bond acceptors (Lipinski definition) is 3. The largest absolute Gasteiger partial charge is 0.370 e. The van der Waals surface area contributed by atoms with Gasteiger partial charge in [0.25, 0.3) is 0 Å². The van der Waals surface area contributed by atoms with Gasteiger partial charge in [0.05, 0.1) is 22.4 Å². The minimum atomic E-state index is -0.267. The maximum atomic E-state index is 13.7. The zero-order chi connectivity index (χ0) is 27.1. The number of pyridine rings is 1. The van der Waals surface area contributed by atoms with E-state index in [9.17, 15) is 4.39 Å². The predicted octanol–water partition coefficient (Wildman–Crippen LogP) is 7.32. The molecule has 200 valence electrons. The van der Waals surface area contributed by atoms with E-state index in [4.69, 9.17) is 23.8 Å². The lowest BCUT2D eigenvalue weighted by molar-refractivity contribution is 0.357. The van der Waals surface area contributed by atoms with E-state index in [2.05, 4.69) is 56.7 Å². The van der Waals surface area contributed by atoms with Crippen molar-refractivity contribution in [3.63, 3.8) is 0 Å². The zero-order valence-electron chi connectivity index (χ0n) is 22.0. The van der Waals surface area contributed by atoms with Crippen molar-refractivity contribution in [1.29, 1.82) is 0 Å². The Morgan fingerprint density at radius 3 is 2.38 bits per heavy atom. The number of nitrogens with zero attached hydrogens (tertiary/aromatic N) is 4. The third-order valence-corrected chi connectivity index (χ3v) is 8.32. The molecule has 0 aliphatic carbocycles. The highest BCUT2D eigenvalue weighted by Gasteiger charge is 2.42. The second-order valence-electron chi connectivity index (χ2n) is 10.8. The van der Waals surface area contributed by atoms with E-state index < -0.39 is 0 Å². The molecule has 0 radical (unpaired) electrons. The fourth-order valence-electron chi connectivity index (χ4n) is 6.17. The van der Waals surface area contributed by atoms with Crippen LogP contribution < -0.4 is 15.1 Å². The molecule has 1 N–H and O–H groups in total. The Morgan fingerprint density at radius 2 is 1.69 bits per heavy atom. The first-order valence-electron chi connectivity index (χ1n) is 13.4. The van der Waals surface area contributed by atoms with E-state index in [1.807, 2.05) is 36.5 Å². The Bertz CT molecular complexity index is 1460. The number of halogens is 2. The Balaban J connectivity index is 1.42. The fraction of sp³-hybridized carbons (Fsp3) is 0.290. The molecule has 2 aromatic carbocycles. The van der Waals surface area contributed by atoms with Gasteiger partial charge < -0.3 is 19.7 Å². The first-order chi connectivity index (χ1) is 18.9. The van der Waals surface area contributed by atoms with E-state index in [0.29, 0.717) is 22.0 Å². The fourth-order valence-corrected chi connectivity index (χ4v) is 6.81. The summed E-state index contributed by atoms with van der Waals surface area (Å²) in [7, 11) is 0. The van der Waals surface area contributed by atoms with Crippen LogP contribution in [-0.2, 0) is 0 Å². The minimum absolute atomic E-state index is 0.199. The van der Waals surface area contributed by atoms with Crippen molar-refractivity contribution in [1.82, 2.24) is 14.9 Å². The molecule has 2 aliphatic rings. The van der Waals surface area contributed by atoms with Crippen molar-refractivity contribution in [2.45, 2.75) is 32.4 Å². The molecule has 2 aromatic heterocycles. The maximum absolute atomic E-state index is 13.7. The van der Waals surface area contributed by atoms with Gasteiger partial charge >= 0.3 is 0 Å². The highest BCUT2D eigenvalue weighted by Crippen LogP contribution is 2.44. The van der Waals surface area contributed by atoms with Crippen LogP contribution in [0, 0.1) is 17.7 Å². The zero-order valence-corrected chi connectivity index (χ0v) is 23.5.